The highest BCUT2D eigenvalue weighted by atomic mass is 35.5. The summed E-state index contributed by atoms with van der Waals surface area (Å²) in [6.45, 7) is 5.49. The quantitative estimate of drug-likeness (QED) is 0.690. The van der Waals surface area contributed by atoms with Gasteiger partial charge in [0.15, 0.2) is 0 Å². The average molecular weight is 403 g/mol. The number of rotatable bonds is 8. The Labute approximate surface area is 174 Å². The highest BCUT2D eigenvalue weighted by Gasteiger charge is 2.21. The standard InChI is InChI=1S/C23H30N2O2.ClH/c1-18(21-11-13-24-14-12-21)15-23(26)25-16-19-7-9-22(10-8-19)27-17-20-5-3-2-4-6-20;/h2-10,18,21,24H,11-17H2,1H3,(H,25,26);1H. The molecular formula is C23H31ClN2O2. The molecule has 3 rings (SSSR count). The Kier molecular flexibility index (Phi) is 9.32. The van der Waals surface area contributed by atoms with Crippen molar-refractivity contribution >= 4 is 18.3 Å². The second kappa shape index (κ2) is 11.7. The van der Waals surface area contributed by atoms with Gasteiger partial charge in [-0.15, -0.1) is 12.4 Å². The Hall–Kier alpha value is -2.04. The van der Waals surface area contributed by atoms with E-state index in [0.717, 1.165) is 30.0 Å². The molecule has 0 bridgehead atoms. The highest BCUT2D eigenvalue weighted by Crippen LogP contribution is 2.24. The largest absolute Gasteiger partial charge is 0.489 e. The molecule has 1 unspecified atom stereocenters. The molecule has 2 aromatic rings. The van der Waals surface area contributed by atoms with Crippen LogP contribution in [0.15, 0.2) is 54.6 Å². The van der Waals surface area contributed by atoms with E-state index in [2.05, 4.69) is 29.7 Å². The Morgan fingerprint density at radius 1 is 1.07 bits per heavy atom. The maximum absolute atomic E-state index is 12.2. The van der Waals surface area contributed by atoms with Gasteiger partial charge in [0.1, 0.15) is 12.4 Å². The fourth-order valence-corrected chi connectivity index (χ4v) is 3.59. The zero-order chi connectivity index (χ0) is 18.9. The van der Waals surface area contributed by atoms with Crippen LogP contribution in [-0.4, -0.2) is 19.0 Å². The predicted octanol–water partition coefficient (Wildman–Crippen LogP) is 4.33. The van der Waals surface area contributed by atoms with Gasteiger partial charge in [0.25, 0.3) is 0 Å². The first kappa shape index (κ1) is 22.3. The van der Waals surface area contributed by atoms with Crippen LogP contribution >= 0.6 is 12.4 Å². The van der Waals surface area contributed by atoms with Crippen molar-refractivity contribution < 1.29 is 9.53 Å². The third kappa shape index (κ3) is 7.17. The lowest BCUT2D eigenvalue weighted by molar-refractivity contribution is -0.122. The second-order valence-corrected chi connectivity index (χ2v) is 7.46. The molecule has 4 nitrogen and oxygen atoms in total. The van der Waals surface area contributed by atoms with Gasteiger partial charge >= 0.3 is 0 Å². The summed E-state index contributed by atoms with van der Waals surface area (Å²) in [5.41, 5.74) is 2.24. The molecule has 1 aliphatic rings. The van der Waals surface area contributed by atoms with Crippen LogP contribution in [0.3, 0.4) is 0 Å². The topological polar surface area (TPSA) is 50.4 Å². The van der Waals surface area contributed by atoms with E-state index >= 15 is 0 Å². The third-order valence-corrected chi connectivity index (χ3v) is 5.36. The molecule has 2 N–H and O–H groups in total. The maximum Gasteiger partial charge on any atom is 0.220 e. The van der Waals surface area contributed by atoms with Crippen molar-refractivity contribution in [3.63, 3.8) is 0 Å². The van der Waals surface area contributed by atoms with E-state index in [9.17, 15) is 4.79 Å². The molecule has 0 aliphatic carbocycles. The Balaban J connectivity index is 0.00000280. The van der Waals surface area contributed by atoms with Crippen molar-refractivity contribution in [2.75, 3.05) is 13.1 Å². The van der Waals surface area contributed by atoms with E-state index in [1.165, 1.54) is 12.8 Å². The van der Waals surface area contributed by atoms with Crippen molar-refractivity contribution in [2.45, 2.75) is 39.3 Å². The highest BCUT2D eigenvalue weighted by molar-refractivity contribution is 5.85. The van der Waals surface area contributed by atoms with Gasteiger partial charge < -0.3 is 15.4 Å². The van der Waals surface area contributed by atoms with E-state index in [0.29, 0.717) is 31.4 Å². The van der Waals surface area contributed by atoms with Crippen molar-refractivity contribution in [2.24, 2.45) is 11.8 Å². The van der Waals surface area contributed by atoms with Gasteiger partial charge in [-0.05, 0) is 61.0 Å². The van der Waals surface area contributed by atoms with Gasteiger partial charge in [-0.2, -0.15) is 0 Å². The molecule has 0 aromatic heterocycles. The van der Waals surface area contributed by atoms with Crippen LogP contribution in [0.1, 0.15) is 37.3 Å². The van der Waals surface area contributed by atoms with Gasteiger partial charge in [0.05, 0.1) is 0 Å². The fourth-order valence-electron chi connectivity index (χ4n) is 3.59. The molecule has 1 saturated heterocycles. The zero-order valence-electron chi connectivity index (χ0n) is 16.5. The first-order chi connectivity index (χ1) is 13.2. The Morgan fingerprint density at radius 3 is 2.43 bits per heavy atom. The van der Waals surface area contributed by atoms with Crippen molar-refractivity contribution in [1.29, 1.82) is 0 Å². The lowest BCUT2D eigenvalue weighted by Crippen LogP contribution is -2.33. The number of hydrogen-bond donors (Lipinski definition) is 2. The fraction of sp³-hybridized carbons (Fsp3) is 0.435. The molecule has 0 saturated carbocycles. The molecule has 2 aromatic carbocycles. The normalized spacial score (nSPS) is 15.3. The molecule has 152 valence electrons. The van der Waals surface area contributed by atoms with Crippen LogP contribution in [0.4, 0.5) is 0 Å². The van der Waals surface area contributed by atoms with Gasteiger partial charge in [-0.1, -0.05) is 49.4 Å². The van der Waals surface area contributed by atoms with E-state index in [-0.39, 0.29) is 18.3 Å². The molecule has 1 heterocycles. The zero-order valence-corrected chi connectivity index (χ0v) is 17.3. The van der Waals surface area contributed by atoms with Gasteiger partial charge in [0, 0.05) is 13.0 Å². The number of benzene rings is 2. The van der Waals surface area contributed by atoms with Gasteiger partial charge in [-0.25, -0.2) is 0 Å². The number of hydrogen-bond acceptors (Lipinski definition) is 3. The maximum atomic E-state index is 12.2. The molecule has 1 atom stereocenters. The summed E-state index contributed by atoms with van der Waals surface area (Å²) in [6, 6.07) is 18.1. The summed E-state index contributed by atoms with van der Waals surface area (Å²) in [4.78, 5) is 12.2. The summed E-state index contributed by atoms with van der Waals surface area (Å²) >= 11 is 0. The van der Waals surface area contributed by atoms with E-state index in [1.54, 1.807) is 0 Å². The molecule has 1 amide bonds. The number of carbonyl (C=O) groups is 1. The number of halogens is 1. The van der Waals surface area contributed by atoms with Gasteiger partial charge in [-0.3, -0.25) is 4.79 Å². The van der Waals surface area contributed by atoms with Crippen LogP contribution in [-0.2, 0) is 17.9 Å². The van der Waals surface area contributed by atoms with Gasteiger partial charge in [0.2, 0.25) is 5.91 Å². The summed E-state index contributed by atoms with van der Waals surface area (Å²) < 4.78 is 5.80. The minimum absolute atomic E-state index is 0. The molecule has 1 fully saturated rings. The number of carbonyl (C=O) groups excluding carboxylic acids is 1. The first-order valence-electron chi connectivity index (χ1n) is 9.94. The summed E-state index contributed by atoms with van der Waals surface area (Å²) in [6.07, 6.45) is 2.97. The van der Waals surface area contributed by atoms with Crippen LogP contribution in [0.2, 0.25) is 0 Å². The minimum atomic E-state index is 0. The molecule has 0 radical (unpaired) electrons. The molecule has 0 spiro atoms. The smallest absolute Gasteiger partial charge is 0.220 e. The molecule has 28 heavy (non-hydrogen) atoms. The minimum Gasteiger partial charge on any atom is -0.489 e. The SMILES string of the molecule is CC(CC(=O)NCc1ccc(OCc2ccccc2)cc1)C1CCNCC1.Cl. The first-order valence-corrected chi connectivity index (χ1v) is 9.94. The Morgan fingerprint density at radius 2 is 1.75 bits per heavy atom. The van der Waals surface area contributed by atoms with Crippen LogP contribution in [0, 0.1) is 11.8 Å². The lowest BCUT2D eigenvalue weighted by Gasteiger charge is -2.27. The molecule has 5 heteroatoms. The van der Waals surface area contributed by atoms with Crippen LogP contribution in [0.25, 0.3) is 0 Å². The van der Waals surface area contributed by atoms with E-state index in [4.69, 9.17) is 4.74 Å². The summed E-state index contributed by atoms with van der Waals surface area (Å²) in [7, 11) is 0. The van der Waals surface area contributed by atoms with Crippen molar-refractivity contribution in [3.05, 3.63) is 65.7 Å². The van der Waals surface area contributed by atoms with E-state index < -0.39 is 0 Å². The van der Waals surface area contributed by atoms with Crippen LogP contribution in [0.5, 0.6) is 5.75 Å². The lowest BCUT2D eigenvalue weighted by atomic mass is 9.84. The summed E-state index contributed by atoms with van der Waals surface area (Å²) in [5, 5.41) is 6.43. The Bertz CT molecular complexity index is 700. The number of ether oxygens (including phenoxy) is 1. The van der Waals surface area contributed by atoms with E-state index in [1.807, 2.05) is 42.5 Å². The number of nitrogens with one attached hydrogen (secondary N) is 2. The third-order valence-electron chi connectivity index (χ3n) is 5.36. The van der Waals surface area contributed by atoms with Crippen molar-refractivity contribution in [1.82, 2.24) is 10.6 Å². The average Bonchev–Trinajstić information content (AvgIpc) is 2.73. The second-order valence-electron chi connectivity index (χ2n) is 7.46. The van der Waals surface area contributed by atoms with Crippen LogP contribution < -0.4 is 15.4 Å². The number of piperidine rings is 1. The monoisotopic (exact) mass is 402 g/mol. The molecular weight excluding hydrogens is 372 g/mol. The predicted molar refractivity (Wildman–Crippen MR) is 116 cm³/mol. The molecule has 1 aliphatic heterocycles. The van der Waals surface area contributed by atoms with Crippen molar-refractivity contribution in [3.8, 4) is 5.75 Å². The summed E-state index contributed by atoms with van der Waals surface area (Å²) in [5.74, 6) is 2.10. The number of amides is 1.